The van der Waals surface area contributed by atoms with Crippen molar-refractivity contribution in [2.45, 2.75) is 45.7 Å². The minimum absolute atomic E-state index is 0.266. The third-order valence-electron chi connectivity index (χ3n) is 3.22. The standard InChI is InChI=1S/C13H23N3O4/c1-8(2)7-14-11(17)9(3)15-13(20)16-6-4-5-10(16)12(18)19/h8-10H,4-7H2,1-3H3,(H,14,17)(H,15,20)(H,18,19). The lowest BCUT2D eigenvalue weighted by Crippen LogP contribution is -2.52. The molecular weight excluding hydrogens is 262 g/mol. The van der Waals surface area contributed by atoms with Gasteiger partial charge < -0.3 is 20.6 Å². The molecule has 1 heterocycles. The molecule has 0 radical (unpaired) electrons. The van der Waals surface area contributed by atoms with Crippen LogP contribution in [0.1, 0.15) is 33.6 Å². The normalized spacial score (nSPS) is 19.8. The summed E-state index contributed by atoms with van der Waals surface area (Å²) < 4.78 is 0. The van der Waals surface area contributed by atoms with Gasteiger partial charge in [0.2, 0.25) is 5.91 Å². The second kappa shape index (κ2) is 7.12. The first kappa shape index (κ1) is 16.3. The van der Waals surface area contributed by atoms with Gasteiger partial charge in [-0.1, -0.05) is 13.8 Å². The second-order valence-electron chi connectivity index (χ2n) is 5.50. The van der Waals surface area contributed by atoms with Gasteiger partial charge in [0, 0.05) is 13.1 Å². The van der Waals surface area contributed by atoms with Crippen molar-refractivity contribution >= 4 is 17.9 Å². The van der Waals surface area contributed by atoms with E-state index in [4.69, 9.17) is 5.11 Å². The summed E-state index contributed by atoms with van der Waals surface area (Å²) in [5.74, 6) is -0.940. The van der Waals surface area contributed by atoms with Crippen LogP contribution in [0.3, 0.4) is 0 Å². The van der Waals surface area contributed by atoms with E-state index in [1.54, 1.807) is 6.92 Å². The van der Waals surface area contributed by atoms with Crippen LogP contribution in [0.5, 0.6) is 0 Å². The van der Waals surface area contributed by atoms with Crippen LogP contribution >= 0.6 is 0 Å². The van der Waals surface area contributed by atoms with Crippen molar-refractivity contribution in [2.75, 3.05) is 13.1 Å². The molecule has 1 fully saturated rings. The van der Waals surface area contributed by atoms with Gasteiger partial charge in [-0.15, -0.1) is 0 Å². The van der Waals surface area contributed by atoms with Gasteiger partial charge in [0.15, 0.2) is 0 Å². The largest absolute Gasteiger partial charge is 0.480 e. The molecule has 0 aromatic heterocycles. The molecular formula is C13H23N3O4. The first-order valence-corrected chi connectivity index (χ1v) is 6.90. The van der Waals surface area contributed by atoms with Crippen LogP contribution in [0.25, 0.3) is 0 Å². The highest BCUT2D eigenvalue weighted by Crippen LogP contribution is 2.17. The molecule has 0 bridgehead atoms. The number of urea groups is 1. The van der Waals surface area contributed by atoms with Crippen molar-refractivity contribution in [1.29, 1.82) is 0 Å². The van der Waals surface area contributed by atoms with Gasteiger partial charge in [0.1, 0.15) is 12.1 Å². The summed E-state index contributed by atoms with van der Waals surface area (Å²) in [5.41, 5.74) is 0. The number of hydrogen-bond donors (Lipinski definition) is 3. The van der Waals surface area contributed by atoms with Gasteiger partial charge in [0.05, 0.1) is 0 Å². The topological polar surface area (TPSA) is 98.7 Å². The molecule has 1 saturated heterocycles. The highest BCUT2D eigenvalue weighted by atomic mass is 16.4. The van der Waals surface area contributed by atoms with Gasteiger partial charge in [-0.2, -0.15) is 0 Å². The van der Waals surface area contributed by atoms with E-state index >= 15 is 0 Å². The average molecular weight is 285 g/mol. The highest BCUT2D eigenvalue weighted by Gasteiger charge is 2.34. The van der Waals surface area contributed by atoms with E-state index in [2.05, 4.69) is 10.6 Å². The Bertz CT molecular complexity index is 384. The molecule has 1 aliphatic heterocycles. The Kier molecular flexibility index (Phi) is 5.79. The Morgan fingerprint density at radius 3 is 2.50 bits per heavy atom. The summed E-state index contributed by atoms with van der Waals surface area (Å²) in [4.78, 5) is 36.0. The van der Waals surface area contributed by atoms with E-state index in [9.17, 15) is 14.4 Å². The lowest BCUT2D eigenvalue weighted by atomic mass is 10.2. The molecule has 0 aromatic rings. The number of hydrogen-bond acceptors (Lipinski definition) is 3. The van der Waals surface area contributed by atoms with Gasteiger partial charge >= 0.3 is 12.0 Å². The van der Waals surface area contributed by atoms with Crippen molar-refractivity contribution in [1.82, 2.24) is 15.5 Å². The average Bonchev–Trinajstić information content (AvgIpc) is 2.84. The molecule has 7 heteroatoms. The van der Waals surface area contributed by atoms with E-state index in [1.165, 1.54) is 4.90 Å². The molecule has 114 valence electrons. The van der Waals surface area contributed by atoms with Crippen LogP contribution in [0.2, 0.25) is 0 Å². The second-order valence-corrected chi connectivity index (χ2v) is 5.50. The van der Waals surface area contributed by atoms with Gasteiger partial charge in [0.25, 0.3) is 0 Å². The van der Waals surface area contributed by atoms with Crippen molar-refractivity contribution in [3.8, 4) is 0 Å². The first-order chi connectivity index (χ1) is 9.32. The smallest absolute Gasteiger partial charge is 0.326 e. The zero-order valence-corrected chi connectivity index (χ0v) is 12.2. The molecule has 0 aromatic carbocycles. The lowest BCUT2D eigenvalue weighted by molar-refractivity contribution is -0.141. The number of carboxylic acid groups (broad SMARTS) is 1. The number of nitrogens with zero attached hydrogens (tertiary/aromatic N) is 1. The molecule has 0 saturated carbocycles. The number of likely N-dealkylation sites (tertiary alicyclic amines) is 1. The number of carbonyl (C=O) groups excluding carboxylic acids is 2. The zero-order valence-electron chi connectivity index (χ0n) is 12.2. The fraction of sp³-hybridized carbons (Fsp3) is 0.769. The zero-order chi connectivity index (χ0) is 15.3. The van der Waals surface area contributed by atoms with Crippen LogP contribution < -0.4 is 10.6 Å². The molecule has 20 heavy (non-hydrogen) atoms. The van der Waals surface area contributed by atoms with Crippen LogP contribution in [-0.4, -0.2) is 53.1 Å². The van der Waals surface area contributed by atoms with Crippen LogP contribution in [-0.2, 0) is 9.59 Å². The third-order valence-corrected chi connectivity index (χ3v) is 3.22. The number of carboxylic acids is 1. The molecule has 2 atom stereocenters. The minimum Gasteiger partial charge on any atom is -0.480 e. The number of nitrogens with one attached hydrogen (secondary N) is 2. The molecule has 2 unspecified atom stereocenters. The predicted octanol–water partition coefficient (Wildman–Crippen LogP) is 0.406. The van der Waals surface area contributed by atoms with Gasteiger partial charge in [-0.3, -0.25) is 4.79 Å². The maximum absolute atomic E-state index is 12.0. The van der Waals surface area contributed by atoms with Crippen molar-refractivity contribution < 1.29 is 19.5 Å². The van der Waals surface area contributed by atoms with Gasteiger partial charge in [-0.05, 0) is 25.7 Å². The van der Waals surface area contributed by atoms with E-state index < -0.39 is 24.1 Å². The first-order valence-electron chi connectivity index (χ1n) is 6.90. The molecule has 1 aliphatic rings. The maximum atomic E-state index is 12.0. The molecule has 3 N–H and O–H groups in total. The predicted molar refractivity (Wildman–Crippen MR) is 73.2 cm³/mol. The Morgan fingerprint density at radius 2 is 1.95 bits per heavy atom. The van der Waals surface area contributed by atoms with Crippen molar-refractivity contribution in [3.63, 3.8) is 0 Å². The van der Waals surface area contributed by atoms with Crippen molar-refractivity contribution in [3.05, 3.63) is 0 Å². The Balaban J connectivity index is 2.48. The fourth-order valence-electron chi connectivity index (χ4n) is 2.06. The Hall–Kier alpha value is -1.79. The SMILES string of the molecule is CC(C)CNC(=O)C(C)NC(=O)N1CCCC1C(=O)O. The van der Waals surface area contributed by atoms with Crippen LogP contribution in [0, 0.1) is 5.92 Å². The Labute approximate surface area is 118 Å². The summed E-state index contributed by atoms with van der Waals surface area (Å²) in [6.45, 7) is 6.49. The number of carbonyl (C=O) groups is 3. The summed E-state index contributed by atoms with van der Waals surface area (Å²) in [6, 6.07) is -1.97. The van der Waals surface area contributed by atoms with Crippen molar-refractivity contribution in [2.24, 2.45) is 5.92 Å². The van der Waals surface area contributed by atoms with E-state index in [1.807, 2.05) is 13.8 Å². The molecule has 3 amide bonds. The molecule has 0 aliphatic carbocycles. The van der Waals surface area contributed by atoms with Gasteiger partial charge in [-0.25, -0.2) is 9.59 Å². The fourth-order valence-corrected chi connectivity index (χ4v) is 2.06. The summed E-state index contributed by atoms with van der Waals surface area (Å²) in [5, 5.41) is 14.3. The lowest BCUT2D eigenvalue weighted by Gasteiger charge is -2.24. The van der Waals surface area contributed by atoms with E-state index in [-0.39, 0.29) is 5.91 Å². The third kappa shape index (κ3) is 4.40. The summed E-state index contributed by atoms with van der Waals surface area (Å²) in [7, 11) is 0. The summed E-state index contributed by atoms with van der Waals surface area (Å²) in [6.07, 6.45) is 1.12. The Morgan fingerprint density at radius 1 is 1.30 bits per heavy atom. The molecule has 0 spiro atoms. The number of amides is 3. The maximum Gasteiger partial charge on any atom is 0.326 e. The highest BCUT2D eigenvalue weighted by molar-refractivity contribution is 5.88. The molecule has 1 rings (SSSR count). The quantitative estimate of drug-likeness (QED) is 0.681. The summed E-state index contributed by atoms with van der Waals surface area (Å²) >= 11 is 0. The minimum atomic E-state index is -1.01. The number of aliphatic carboxylic acids is 1. The monoisotopic (exact) mass is 285 g/mol. The van der Waals surface area contributed by atoms with Crippen LogP contribution in [0.15, 0.2) is 0 Å². The van der Waals surface area contributed by atoms with E-state index in [0.29, 0.717) is 31.8 Å². The molecule has 7 nitrogen and oxygen atoms in total. The van der Waals surface area contributed by atoms with Crippen LogP contribution in [0.4, 0.5) is 4.79 Å². The van der Waals surface area contributed by atoms with E-state index in [0.717, 1.165) is 0 Å². The number of rotatable bonds is 5.